The van der Waals surface area contributed by atoms with Crippen LogP contribution in [-0.2, 0) is 7.05 Å². The Kier molecular flexibility index (Phi) is 3.70. The zero-order valence-electron chi connectivity index (χ0n) is 12.6. The average Bonchev–Trinajstić information content (AvgIpc) is 3.09. The predicted octanol–water partition coefficient (Wildman–Crippen LogP) is 1.71. The van der Waals surface area contributed by atoms with Gasteiger partial charge in [-0.2, -0.15) is 4.80 Å². The van der Waals surface area contributed by atoms with E-state index < -0.39 is 0 Å². The highest BCUT2D eigenvalue weighted by Crippen LogP contribution is 2.27. The van der Waals surface area contributed by atoms with E-state index in [1.807, 2.05) is 0 Å². The first-order valence-corrected chi connectivity index (χ1v) is 7.08. The SMILES string of the molecule is CN(C)CCC(c1cc2ccccc2n1C)n1ncnn1. The predicted molar refractivity (Wildman–Crippen MR) is 82.0 cm³/mol. The summed E-state index contributed by atoms with van der Waals surface area (Å²) in [5, 5.41) is 13.4. The third-order valence-electron chi connectivity index (χ3n) is 3.82. The lowest BCUT2D eigenvalue weighted by atomic mass is 10.1. The second kappa shape index (κ2) is 5.65. The molecule has 110 valence electrons. The third-order valence-corrected chi connectivity index (χ3v) is 3.82. The minimum absolute atomic E-state index is 0.0901. The van der Waals surface area contributed by atoms with Gasteiger partial charge in [0.15, 0.2) is 6.33 Å². The van der Waals surface area contributed by atoms with Gasteiger partial charge in [0.2, 0.25) is 0 Å². The van der Waals surface area contributed by atoms with Crippen LogP contribution in [0.5, 0.6) is 0 Å². The molecule has 0 aliphatic rings. The number of tetrazole rings is 1. The van der Waals surface area contributed by atoms with E-state index in [4.69, 9.17) is 0 Å². The molecule has 0 radical (unpaired) electrons. The summed E-state index contributed by atoms with van der Waals surface area (Å²) >= 11 is 0. The highest BCUT2D eigenvalue weighted by Gasteiger charge is 2.20. The van der Waals surface area contributed by atoms with Crippen molar-refractivity contribution in [3.8, 4) is 0 Å². The fourth-order valence-electron chi connectivity index (χ4n) is 2.71. The van der Waals surface area contributed by atoms with Crippen molar-refractivity contribution in [1.29, 1.82) is 0 Å². The van der Waals surface area contributed by atoms with Crippen LogP contribution in [0.15, 0.2) is 36.7 Å². The average molecular weight is 284 g/mol. The van der Waals surface area contributed by atoms with Gasteiger partial charge < -0.3 is 9.47 Å². The fraction of sp³-hybridized carbons (Fsp3) is 0.400. The highest BCUT2D eigenvalue weighted by molar-refractivity contribution is 5.81. The lowest BCUT2D eigenvalue weighted by molar-refractivity contribution is 0.333. The minimum Gasteiger partial charge on any atom is -0.346 e. The molecule has 0 saturated heterocycles. The fourth-order valence-corrected chi connectivity index (χ4v) is 2.71. The van der Waals surface area contributed by atoms with Crippen molar-refractivity contribution in [1.82, 2.24) is 29.7 Å². The maximum Gasteiger partial charge on any atom is 0.162 e. The maximum atomic E-state index is 4.24. The summed E-state index contributed by atoms with van der Waals surface area (Å²) in [6.07, 6.45) is 2.43. The molecule has 0 amide bonds. The number of para-hydroxylation sites is 1. The monoisotopic (exact) mass is 284 g/mol. The Morgan fingerprint density at radius 3 is 2.71 bits per heavy atom. The number of benzene rings is 1. The van der Waals surface area contributed by atoms with E-state index in [1.165, 1.54) is 22.9 Å². The molecule has 3 rings (SSSR count). The molecule has 0 fully saturated rings. The number of aromatic nitrogens is 5. The Hall–Kier alpha value is -2.21. The molecule has 0 saturated carbocycles. The molecule has 0 aliphatic heterocycles. The van der Waals surface area contributed by atoms with E-state index in [1.54, 1.807) is 4.80 Å². The maximum absolute atomic E-state index is 4.24. The lowest BCUT2D eigenvalue weighted by Gasteiger charge is -2.19. The second-order valence-corrected chi connectivity index (χ2v) is 5.55. The van der Waals surface area contributed by atoms with E-state index in [0.717, 1.165) is 13.0 Å². The topological polar surface area (TPSA) is 51.8 Å². The molecule has 6 nitrogen and oxygen atoms in total. The van der Waals surface area contributed by atoms with Crippen LogP contribution in [0.2, 0.25) is 0 Å². The number of aryl methyl sites for hydroxylation is 1. The molecule has 0 spiro atoms. The standard InChI is InChI=1S/C15H20N6/c1-19(2)9-8-14(21-17-11-16-18-21)15-10-12-6-4-5-7-13(12)20(15)3/h4-7,10-11,14H,8-9H2,1-3H3. The smallest absolute Gasteiger partial charge is 0.162 e. The Balaban J connectivity index is 2.03. The first-order chi connectivity index (χ1) is 10.2. The summed E-state index contributed by atoms with van der Waals surface area (Å²) in [7, 11) is 6.25. The van der Waals surface area contributed by atoms with Crippen molar-refractivity contribution < 1.29 is 0 Å². The van der Waals surface area contributed by atoms with E-state index in [-0.39, 0.29) is 6.04 Å². The molecule has 0 N–H and O–H groups in total. The molecule has 1 atom stereocenters. The van der Waals surface area contributed by atoms with Gasteiger partial charge in [-0.15, -0.1) is 10.2 Å². The summed E-state index contributed by atoms with van der Waals surface area (Å²) in [5.74, 6) is 0. The van der Waals surface area contributed by atoms with Crippen molar-refractivity contribution in [3.63, 3.8) is 0 Å². The van der Waals surface area contributed by atoms with Gasteiger partial charge in [-0.25, -0.2) is 0 Å². The van der Waals surface area contributed by atoms with Crippen LogP contribution in [0.25, 0.3) is 10.9 Å². The molecular formula is C15H20N6. The van der Waals surface area contributed by atoms with Gasteiger partial charge >= 0.3 is 0 Å². The summed E-state index contributed by atoms with van der Waals surface area (Å²) in [6.45, 7) is 0.966. The van der Waals surface area contributed by atoms with Crippen LogP contribution in [-0.4, -0.2) is 50.3 Å². The normalized spacial score (nSPS) is 13.1. The first-order valence-electron chi connectivity index (χ1n) is 7.08. The molecule has 1 aromatic carbocycles. The van der Waals surface area contributed by atoms with Crippen LogP contribution in [0, 0.1) is 0 Å². The Morgan fingerprint density at radius 2 is 2.05 bits per heavy atom. The Morgan fingerprint density at radius 1 is 1.24 bits per heavy atom. The number of nitrogens with zero attached hydrogens (tertiary/aromatic N) is 6. The number of hydrogen-bond donors (Lipinski definition) is 0. The van der Waals surface area contributed by atoms with Crippen LogP contribution in [0.1, 0.15) is 18.2 Å². The Bertz CT molecular complexity index is 713. The molecule has 6 heteroatoms. The van der Waals surface area contributed by atoms with Gasteiger partial charge in [0.25, 0.3) is 0 Å². The zero-order valence-corrected chi connectivity index (χ0v) is 12.6. The first kappa shape index (κ1) is 13.8. The second-order valence-electron chi connectivity index (χ2n) is 5.55. The summed E-state index contributed by atoms with van der Waals surface area (Å²) in [5.41, 5.74) is 2.43. The minimum atomic E-state index is 0.0901. The largest absolute Gasteiger partial charge is 0.346 e. The molecule has 21 heavy (non-hydrogen) atoms. The number of fused-ring (bicyclic) bond motifs is 1. The third kappa shape index (κ3) is 2.67. The van der Waals surface area contributed by atoms with Gasteiger partial charge in [0, 0.05) is 24.8 Å². The molecule has 3 aromatic rings. The van der Waals surface area contributed by atoms with Gasteiger partial charge in [0.05, 0.1) is 0 Å². The highest BCUT2D eigenvalue weighted by atomic mass is 15.6. The van der Waals surface area contributed by atoms with Gasteiger partial charge in [0.1, 0.15) is 6.04 Å². The summed E-state index contributed by atoms with van der Waals surface area (Å²) in [6, 6.07) is 10.7. The number of rotatable bonds is 5. The molecule has 0 aliphatic carbocycles. The number of hydrogen-bond acceptors (Lipinski definition) is 4. The van der Waals surface area contributed by atoms with E-state index in [9.17, 15) is 0 Å². The quantitative estimate of drug-likeness (QED) is 0.715. The van der Waals surface area contributed by atoms with Crippen molar-refractivity contribution in [3.05, 3.63) is 42.4 Å². The van der Waals surface area contributed by atoms with Crippen molar-refractivity contribution in [2.45, 2.75) is 12.5 Å². The van der Waals surface area contributed by atoms with Crippen LogP contribution in [0.4, 0.5) is 0 Å². The van der Waals surface area contributed by atoms with E-state index in [2.05, 4.69) is 76.4 Å². The van der Waals surface area contributed by atoms with Crippen LogP contribution < -0.4 is 0 Å². The molecule has 1 unspecified atom stereocenters. The van der Waals surface area contributed by atoms with Gasteiger partial charge in [-0.3, -0.25) is 0 Å². The van der Waals surface area contributed by atoms with Crippen molar-refractivity contribution in [2.24, 2.45) is 7.05 Å². The van der Waals surface area contributed by atoms with Crippen molar-refractivity contribution >= 4 is 10.9 Å². The Labute approximate surface area is 124 Å². The zero-order chi connectivity index (χ0) is 14.8. The molecule has 0 bridgehead atoms. The van der Waals surface area contributed by atoms with Crippen LogP contribution >= 0.6 is 0 Å². The summed E-state index contributed by atoms with van der Waals surface area (Å²) < 4.78 is 2.22. The molecule has 2 heterocycles. The van der Waals surface area contributed by atoms with Gasteiger partial charge in [-0.1, -0.05) is 18.2 Å². The summed E-state index contributed by atoms with van der Waals surface area (Å²) in [4.78, 5) is 3.88. The van der Waals surface area contributed by atoms with Crippen LogP contribution in [0.3, 0.4) is 0 Å². The van der Waals surface area contributed by atoms with Crippen molar-refractivity contribution in [2.75, 3.05) is 20.6 Å². The van der Waals surface area contributed by atoms with E-state index in [0.29, 0.717) is 0 Å². The van der Waals surface area contributed by atoms with Gasteiger partial charge in [-0.05, 0) is 43.2 Å². The lowest BCUT2D eigenvalue weighted by Crippen LogP contribution is -2.23. The molecule has 2 aromatic heterocycles. The molecular weight excluding hydrogens is 264 g/mol. The van der Waals surface area contributed by atoms with E-state index >= 15 is 0 Å².